The van der Waals surface area contributed by atoms with E-state index in [4.69, 9.17) is 0 Å². The molecule has 3 aromatic rings. The van der Waals surface area contributed by atoms with Crippen LogP contribution in [0.2, 0.25) is 0 Å². The molecule has 2 heterocycles. The summed E-state index contributed by atoms with van der Waals surface area (Å²) in [6.45, 7) is 6.07. The third-order valence-electron chi connectivity index (χ3n) is 5.14. The number of rotatable bonds is 4. The summed E-state index contributed by atoms with van der Waals surface area (Å²) in [5.74, 6) is -0.393. The first-order valence-electron chi connectivity index (χ1n) is 9.38. The summed E-state index contributed by atoms with van der Waals surface area (Å²) in [7, 11) is 0. The minimum Gasteiger partial charge on any atom is -0.335 e. The number of piperazine rings is 1. The third kappa shape index (κ3) is 3.98. The van der Waals surface area contributed by atoms with Crippen molar-refractivity contribution in [3.8, 4) is 10.6 Å². The molecule has 1 aromatic heterocycles. The lowest BCUT2D eigenvalue weighted by atomic mass is 10.1. The normalized spacial score (nSPS) is 15.0. The molecule has 1 saturated heterocycles. The van der Waals surface area contributed by atoms with Crippen molar-refractivity contribution in [2.45, 2.75) is 13.5 Å². The van der Waals surface area contributed by atoms with Crippen LogP contribution in [0.25, 0.3) is 10.6 Å². The van der Waals surface area contributed by atoms with Gasteiger partial charge in [-0.15, -0.1) is 11.3 Å². The lowest BCUT2D eigenvalue weighted by molar-refractivity contribution is 0.0623. The number of carbonyl (C=O) groups excluding carboxylic acids is 1. The first-order chi connectivity index (χ1) is 13.6. The van der Waals surface area contributed by atoms with Gasteiger partial charge < -0.3 is 4.90 Å². The van der Waals surface area contributed by atoms with Crippen molar-refractivity contribution in [2.24, 2.45) is 0 Å². The van der Waals surface area contributed by atoms with Crippen LogP contribution in [0.5, 0.6) is 0 Å². The van der Waals surface area contributed by atoms with Gasteiger partial charge in [0.15, 0.2) is 0 Å². The molecular weight excluding hydrogens is 373 g/mol. The molecule has 28 heavy (non-hydrogen) atoms. The van der Waals surface area contributed by atoms with Gasteiger partial charge in [-0.1, -0.05) is 36.4 Å². The quantitative estimate of drug-likeness (QED) is 0.664. The van der Waals surface area contributed by atoms with Crippen LogP contribution in [-0.2, 0) is 6.54 Å². The molecule has 0 unspecified atom stereocenters. The zero-order valence-electron chi connectivity index (χ0n) is 15.8. The van der Waals surface area contributed by atoms with Crippen LogP contribution in [-0.4, -0.2) is 46.9 Å². The van der Waals surface area contributed by atoms with Crippen LogP contribution in [0, 0.1) is 12.7 Å². The number of hydrogen-bond donors (Lipinski definition) is 0. The molecule has 4 rings (SSSR count). The molecule has 4 nitrogen and oxygen atoms in total. The van der Waals surface area contributed by atoms with Gasteiger partial charge in [-0.05, 0) is 30.2 Å². The second-order valence-electron chi connectivity index (χ2n) is 7.01. The second-order valence-corrected chi connectivity index (χ2v) is 7.87. The fraction of sp³-hybridized carbons (Fsp3) is 0.273. The number of hydrogen-bond acceptors (Lipinski definition) is 4. The van der Waals surface area contributed by atoms with Crippen molar-refractivity contribution in [3.05, 3.63) is 76.5 Å². The Kier molecular flexibility index (Phi) is 5.50. The topological polar surface area (TPSA) is 36.4 Å². The van der Waals surface area contributed by atoms with Crippen molar-refractivity contribution in [2.75, 3.05) is 26.2 Å². The van der Waals surface area contributed by atoms with E-state index in [2.05, 4.69) is 41.1 Å². The van der Waals surface area contributed by atoms with Gasteiger partial charge in [-0.2, -0.15) is 0 Å². The fourth-order valence-electron chi connectivity index (χ4n) is 3.43. The molecule has 0 atom stereocenters. The van der Waals surface area contributed by atoms with Gasteiger partial charge in [0.25, 0.3) is 5.91 Å². The summed E-state index contributed by atoms with van der Waals surface area (Å²) in [6.07, 6.45) is 0. The van der Waals surface area contributed by atoms with Crippen LogP contribution in [0.15, 0.2) is 53.9 Å². The third-order valence-corrected chi connectivity index (χ3v) is 6.02. The van der Waals surface area contributed by atoms with Gasteiger partial charge in [0, 0.05) is 43.7 Å². The van der Waals surface area contributed by atoms with E-state index in [1.807, 2.05) is 4.90 Å². The van der Waals surface area contributed by atoms with Crippen LogP contribution < -0.4 is 0 Å². The minimum atomic E-state index is -0.319. The van der Waals surface area contributed by atoms with Gasteiger partial charge in [-0.3, -0.25) is 9.69 Å². The Bertz CT molecular complexity index is 979. The van der Waals surface area contributed by atoms with E-state index in [-0.39, 0.29) is 11.7 Å². The highest BCUT2D eigenvalue weighted by molar-refractivity contribution is 7.13. The number of halogens is 1. The predicted octanol–water partition coefficient (Wildman–Crippen LogP) is 4.22. The van der Waals surface area contributed by atoms with Crippen LogP contribution >= 0.6 is 11.3 Å². The number of aromatic nitrogens is 1. The number of carbonyl (C=O) groups is 1. The van der Waals surface area contributed by atoms with Crippen molar-refractivity contribution < 1.29 is 9.18 Å². The molecule has 0 radical (unpaired) electrons. The molecule has 6 heteroatoms. The Morgan fingerprint density at radius 2 is 1.79 bits per heavy atom. The minimum absolute atomic E-state index is 0.0746. The number of amides is 1. The number of benzene rings is 2. The van der Waals surface area contributed by atoms with E-state index < -0.39 is 0 Å². The van der Waals surface area contributed by atoms with E-state index in [0.29, 0.717) is 29.4 Å². The molecular formula is C22H22FN3OS. The highest BCUT2D eigenvalue weighted by Gasteiger charge is 2.24. The number of aryl methyl sites for hydroxylation is 1. The number of nitrogens with zero attached hydrogens (tertiary/aromatic N) is 3. The predicted molar refractivity (Wildman–Crippen MR) is 110 cm³/mol. The largest absolute Gasteiger partial charge is 0.335 e. The van der Waals surface area contributed by atoms with Gasteiger partial charge in [0.1, 0.15) is 16.5 Å². The van der Waals surface area contributed by atoms with Crippen molar-refractivity contribution in [1.29, 1.82) is 0 Å². The van der Waals surface area contributed by atoms with Crippen LogP contribution in [0.3, 0.4) is 0 Å². The highest BCUT2D eigenvalue weighted by atomic mass is 32.1. The summed E-state index contributed by atoms with van der Waals surface area (Å²) in [5, 5.41) is 2.27. The maximum absolute atomic E-state index is 14.0. The summed E-state index contributed by atoms with van der Waals surface area (Å²) in [6, 6.07) is 14.9. The highest BCUT2D eigenvalue weighted by Crippen LogP contribution is 2.26. The molecule has 1 fully saturated rings. The molecule has 144 valence electrons. The van der Waals surface area contributed by atoms with E-state index in [9.17, 15) is 9.18 Å². The Hall–Kier alpha value is -2.57. The first-order valence-corrected chi connectivity index (χ1v) is 10.3. The zero-order chi connectivity index (χ0) is 19.5. The SMILES string of the molecule is Cc1ccccc1CN1CCN(C(=O)c2csc(-c3ccccc3F)n2)CC1. The Labute approximate surface area is 168 Å². The van der Waals surface area contributed by atoms with Gasteiger partial charge in [-0.25, -0.2) is 9.37 Å². The van der Waals surface area contributed by atoms with Crippen LogP contribution in [0.1, 0.15) is 21.6 Å². The van der Waals surface area contributed by atoms with E-state index in [0.717, 1.165) is 19.6 Å². The maximum atomic E-state index is 14.0. The van der Waals surface area contributed by atoms with Crippen molar-refractivity contribution in [1.82, 2.24) is 14.8 Å². The standard InChI is InChI=1S/C22H22FN3OS/c1-16-6-2-3-7-17(16)14-25-10-12-26(13-11-25)22(27)20-15-28-21(24-20)18-8-4-5-9-19(18)23/h2-9,15H,10-14H2,1H3. The van der Waals surface area contributed by atoms with Crippen molar-refractivity contribution in [3.63, 3.8) is 0 Å². The average Bonchev–Trinajstić information content (AvgIpc) is 3.20. The summed E-state index contributed by atoms with van der Waals surface area (Å²) in [5.41, 5.74) is 3.46. The molecule has 0 saturated carbocycles. The van der Waals surface area contributed by atoms with Gasteiger partial charge >= 0.3 is 0 Å². The Morgan fingerprint density at radius 1 is 1.07 bits per heavy atom. The lowest BCUT2D eigenvalue weighted by Crippen LogP contribution is -2.48. The smallest absolute Gasteiger partial charge is 0.273 e. The average molecular weight is 396 g/mol. The van der Waals surface area contributed by atoms with E-state index in [1.165, 1.54) is 28.5 Å². The molecule has 0 aliphatic carbocycles. The van der Waals surface area contributed by atoms with Crippen molar-refractivity contribution >= 4 is 17.2 Å². The van der Waals surface area contributed by atoms with E-state index in [1.54, 1.807) is 23.6 Å². The summed E-state index contributed by atoms with van der Waals surface area (Å²) in [4.78, 5) is 21.4. The number of thiazole rings is 1. The molecule has 1 amide bonds. The molecule has 2 aromatic carbocycles. The molecule has 1 aliphatic rings. The zero-order valence-corrected chi connectivity index (χ0v) is 16.6. The molecule has 0 bridgehead atoms. The van der Waals surface area contributed by atoms with E-state index >= 15 is 0 Å². The maximum Gasteiger partial charge on any atom is 0.273 e. The second kappa shape index (κ2) is 8.20. The lowest BCUT2D eigenvalue weighted by Gasteiger charge is -2.34. The van der Waals surface area contributed by atoms with Gasteiger partial charge in [0.05, 0.1) is 0 Å². The summed E-state index contributed by atoms with van der Waals surface area (Å²) < 4.78 is 14.0. The summed E-state index contributed by atoms with van der Waals surface area (Å²) >= 11 is 1.30. The fourth-order valence-corrected chi connectivity index (χ4v) is 4.25. The molecule has 0 N–H and O–H groups in total. The first kappa shape index (κ1) is 18.8. The Balaban J connectivity index is 1.38. The molecule has 1 aliphatic heterocycles. The van der Waals surface area contributed by atoms with Gasteiger partial charge in [0.2, 0.25) is 0 Å². The van der Waals surface area contributed by atoms with Crippen LogP contribution in [0.4, 0.5) is 4.39 Å². The Morgan fingerprint density at radius 3 is 2.54 bits per heavy atom. The molecule has 0 spiro atoms. The monoisotopic (exact) mass is 395 g/mol.